The Bertz CT molecular complexity index is 263. The minimum atomic E-state index is -0.100. The molecule has 1 atom stereocenters. The van der Waals surface area contributed by atoms with Crippen LogP contribution in [0.15, 0.2) is 0 Å². The van der Waals surface area contributed by atoms with E-state index in [4.69, 9.17) is 10.5 Å². The Morgan fingerprint density at radius 2 is 2.21 bits per heavy atom. The summed E-state index contributed by atoms with van der Waals surface area (Å²) in [6.07, 6.45) is 2.09. The maximum Gasteiger partial charge on any atom is 0.224 e. The topological polar surface area (TPSA) is 84.7 Å². The monoisotopic (exact) mass is 293 g/mol. The summed E-state index contributed by atoms with van der Waals surface area (Å²) in [7, 11) is 1.58. The third-order valence-corrected chi connectivity index (χ3v) is 3.11. The van der Waals surface area contributed by atoms with Gasteiger partial charge in [0.1, 0.15) is 0 Å². The number of ether oxygens (including phenoxy) is 1. The number of piperidine rings is 1. The molecule has 1 rings (SSSR count). The van der Waals surface area contributed by atoms with E-state index >= 15 is 0 Å². The molecule has 0 aromatic heterocycles. The number of hydrogen-bond donors (Lipinski definition) is 2. The molecule has 2 amide bonds. The number of hydrogen-bond acceptors (Lipinski definition) is 4. The van der Waals surface area contributed by atoms with Crippen LogP contribution in [0.1, 0.15) is 19.3 Å². The molecular weight excluding hydrogens is 270 g/mol. The van der Waals surface area contributed by atoms with Crippen LogP contribution in [0.25, 0.3) is 0 Å². The first-order valence-corrected chi connectivity index (χ1v) is 6.43. The maximum atomic E-state index is 11.8. The number of nitrogens with zero attached hydrogens (tertiary/aromatic N) is 1. The molecule has 0 bridgehead atoms. The molecule has 112 valence electrons. The Kier molecular flexibility index (Phi) is 9.55. The van der Waals surface area contributed by atoms with Crippen molar-refractivity contribution in [2.45, 2.75) is 19.3 Å². The van der Waals surface area contributed by atoms with Gasteiger partial charge in [-0.2, -0.15) is 0 Å². The number of amides is 2. The summed E-state index contributed by atoms with van der Waals surface area (Å²) in [6, 6.07) is 0. The van der Waals surface area contributed by atoms with Gasteiger partial charge in [0.05, 0.1) is 18.9 Å². The number of carbonyl (C=O) groups is 2. The lowest BCUT2D eigenvalue weighted by Crippen LogP contribution is -2.46. The quantitative estimate of drug-likeness (QED) is 0.708. The molecule has 6 nitrogen and oxygen atoms in total. The number of nitrogens with two attached hydrogens (primary N) is 1. The largest absolute Gasteiger partial charge is 0.384 e. The van der Waals surface area contributed by atoms with Crippen LogP contribution < -0.4 is 11.1 Å². The summed E-state index contributed by atoms with van der Waals surface area (Å²) in [4.78, 5) is 25.4. The van der Waals surface area contributed by atoms with Crippen molar-refractivity contribution in [2.75, 3.05) is 39.9 Å². The summed E-state index contributed by atoms with van der Waals surface area (Å²) in [5.41, 5.74) is 5.34. The zero-order chi connectivity index (χ0) is 13.4. The van der Waals surface area contributed by atoms with Gasteiger partial charge >= 0.3 is 0 Å². The molecule has 0 spiro atoms. The van der Waals surface area contributed by atoms with Crippen molar-refractivity contribution in [1.29, 1.82) is 0 Å². The third kappa shape index (κ3) is 6.22. The lowest BCUT2D eigenvalue weighted by molar-refractivity contribution is -0.136. The molecule has 7 heteroatoms. The second-order valence-electron chi connectivity index (χ2n) is 4.50. The summed E-state index contributed by atoms with van der Waals surface area (Å²) in [6.45, 7) is 2.61. The smallest absolute Gasteiger partial charge is 0.224 e. The second kappa shape index (κ2) is 10.00. The van der Waals surface area contributed by atoms with Crippen LogP contribution in [0.5, 0.6) is 0 Å². The second-order valence-corrected chi connectivity index (χ2v) is 4.50. The summed E-state index contributed by atoms with van der Waals surface area (Å²) in [5.74, 6) is -0.0327. The fourth-order valence-corrected chi connectivity index (χ4v) is 2.10. The molecule has 1 aliphatic rings. The van der Waals surface area contributed by atoms with E-state index in [1.807, 2.05) is 0 Å². The number of nitrogens with one attached hydrogen (secondary N) is 1. The molecule has 0 aliphatic carbocycles. The van der Waals surface area contributed by atoms with Gasteiger partial charge in [-0.05, 0) is 12.8 Å². The number of halogens is 1. The van der Waals surface area contributed by atoms with Crippen LogP contribution in [0.4, 0.5) is 0 Å². The first kappa shape index (κ1) is 18.1. The molecule has 0 aromatic carbocycles. The van der Waals surface area contributed by atoms with Gasteiger partial charge in [-0.3, -0.25) is 9.59 Å². The molecule has 1 fully saturated rings. The van der Waals surface area contributed by atoms with E-state index in [2.05, 4.69) is 5.32 Å². The van der Waals surface area contributed by atoms with E-state index in [0.29, 0.717) is 32.7 Å². The number of likely N-dealkylation sites (tertiary alicyclic amines) is 1. The molecular formula is C12H24ClN3O3. The average molecular weight is 294 g/mol. The molecule has 1 unspecified atom stereocenters. The van der Waals surface area contributed by atoms with Gasteiger partial charge < -0.3 is 20.7 Å². The Labute approximate surface area is 120 Å². The van der Waals surface area contributed by atoms with Gasteiger partial charge in [-0.25, -0.2) is 0 Å². The molecule has 1 aliphatic heterocycles. The molecule has 0 saturated carbocycles. The zero-order valence-electron chi connectivity index (χ0n) is 11.4. The fraction of sp³-hybridized carbons (Fsp3) is 0.833. The number of carbonyl (C=O) groups excluding carboxylic acids is 2. The predicted molar refractivity (Wildman–Crippen MR) is 75.1 cm³/mol. The lowest BCUT2D eigenvalue weighted by atomic mass is 9.97. The van der Waals surface area contributed by atoms with E-state index in [9.17, 15) is 9.59 Å². The minimum Gasteiger partial charge on any atom is -0.384 e. The Balaban J connectivity index is 0.00000324. The van der Waals surface area contributed by atoms with Crippen molar-refractivity contribution < 1.29 is 14.3 Å². The van der Waals surface area contributed by atoms with Gasteiger partial charge in [0.2, 0.25) is 11.8 Å². The van der Waals surface area contributed by atoms with E-state index in [1.165, 1.54) is 0 Å². The zero-order valence-corrected chi connectivity index (χ0v) is 12.2. The first-order chi connectivity index (χ1) is 8.69. The van der Waals surface area contributed by atoms with Crippen LogP contribution in [-0.4, -0.2) is 56.6 Å². The molecule has 0 radical (unpaired) electrons. The lowest BCUT2D eigenvalue weighted by Gasteiger charge is -2.32. The van der Waals surface area contributed by atoms with Crippen molar-refractivity contribution in [3.63, 3.8) is 0 Å². The maximum absolute atomic E-state index is 11.8. The fourth-order valence-electron chi connectivity index (χ4n) is 2.10. The molecule has 19 heavy (non-hydrogen) atoms. The molecule has 1 saturated heterocycles. The summed E-state index contributed by atoms with van der Waals surface area (Å²) < 4.78 is 4.89. The van der Waals surface area contributed by atoms with Gasteiger partial charge in [-0.15, -0.1) is 12.4 Å². The average Bonchev–Trinajstić information content (AvgIpc) is 2.42. The highest BCUT2D eigenvalue weighted by Crippen LogP contribution is 2.17. The van der Waals surface area contributed by atoms with Crippen molar-refractivity contribution in [3.05, 3.63) is 0 Å². The number of rotatable bonds is 6. The highest BCUT2D eigenvalue weighted by Gasteiger charge is 2.27. The van der Waals surface area contributed by atoms with Crippen LogP contribution in [0.3, 0.4) is 0 Å². The van der Waals surface area contributed by atoms with E-state index < -0.39 is 0 Å². The minimum absolute atomic E-state index is 0. The van der Waals surface area contributed by atoms with Crippen molar-refractivity contribution in [1.82, 2.24) is 10.2 Å². The highest BCUT2D eigenvalue weighted by atomic mass is 35.5. The number of methoxy groups -OCH3 is 1. The molecule has 0 aromatic rings. The van der Waals surface area contributed by atoms with E-state index in [0.717, 1.165) is 19.4 Å². The van der Waals surface area contributed by atoms with Crippen LogP contribution in [0, 0.1) is 5.92 Å². The van der Waals surface area contributed by atoms with Gasteiger partial charge in [0, 0.05) is 33.3 Å². The Morgan fingerprint density at radius 1 is 1.47 bits per heavy atom. The van der Waals surface area contributed by atoms with E-state index in [1.54, 1.807) is 12.0 Å². The van der Waals surface area contributed by atoms with Crippen molar-refractivity contribution in [2.24, 2.45) is 11.7 Å². The third-order valence-electron chi connectivity index (χ3n) is 3.11. The Hall–Kier alpha value is -0.850. The van der Waals surface area contributed by atoms with Gasteiger partial charge in [0.15, 0.2) is 0 Å². The van der Waals surface area contributed by atoms with Crippen LogP contribution >= 0.6 is 12.4 Å². The molecule has 1 heterocycles. The van der Waals surface area contributed by atoms with Crippen LogP contribution in [-0.2, 0) is 14.3 Å². The summed E-state index contributed by atoms with van der Waals surface area (Å²) >= 11 is 0. The predicted octanol–water partition coefficient (Wildman–Crippen LogP) is -0.242. The van der Waals surface area contributed by atoms with Gasteiger partial charge in [-0.1, -0.05) is 0 Å². The standard InChI is InChI=1S/C12H23N3O3.ClH/c1-18-8-4-11(16)15-7-2-3-10(9-15)12(17)14-6-5-13;/h10H,2-9,13H2,1H3,(H,14,17);1H. The van der Waals surface area contributed by atoms with Crippen LogP contribution in [0.2, 0.25) is 0 Å². The Morgan fingerprint density at radius 3 is 2.84 bits per heavy atom. The highest BCUT2D eigenvalue weighted by molar-refractivity contribution is 5.85. The molecule has 3 N–H and O–H groups in total. The van der Waals surface area contributed by atoms with E-state index in [-0.39, 0.29) is 30.1 Å². The SMILES string of the molecule is COCCC(=O)N1CCCC(C(=O)NCCN)C1.Cl. The summed E-state index contributed by atoms with van der Waals surface area (Å²) in [5, 5.41) is 2.78. The van der Waals surface area contributed by atoms with Crippen molar-refractivity contribution >= 4 is 24.2 Å². The van der Waals surface area contributed by atoms with Gasteiger partial charge in [0.25, 0.3) is 0 Å². The first-order valence-electron chi connectivity index (χ1n) is 6.43. The normalized spacial score (nSPS) is 18.6. The van der Waals surface area contributed by atoms with Crippen molar-refractivity contribution in [3.8, 4) is 0 Å².